The van der Waals surface area contributed by atoms with Crippen LogP contribution in [0.15, 0.2) is 60.5 Å². The summed E-state index contributed by atoms with van der Waals surface area (Å²) in [5, 5.41) is 11.1. The highest BCUT2D eigenvalue weighted by Crippen LogP contribution is 2.36. The third kappa shape index (κ3) is 231. The SMILES string of the molecule is C.C.C.C.C=CCC(C)C.C=CCOC(=O)C(C)C.CC(C)C(C)(F)F.CC(C)C(C)F.CC(C)CSSC(C)(C)C.CC(C)CSSC(C)C.CC(C)CSc1ccccc1.CC(C)N.CC(C)[N+](=O)[O-].CCC(C)C.CCC(C)C.CCOC(=O)C(C)C.CCOC(=O)C(C)C.CCSC(C)C(C)C.CCSSCC(C)C.CSSCC(C)C. The molecule has 0 saturated carbocycles. The van der Waals surface area contributed by atoms with Gasteiger partial charge in [-0.05, 0) is 123 Å². The van der Waals surface area contributed by atoms with E-state index in [0.29, 0.717) is 30.6 Å². The van der Waals surface area contributed by atoms with Crippen molar-refractivity contribution in [3.8, 4) is 0 Å². The quantitative estimate of drug-likeness (QED) is 0.0102. The fourth-order valence-electron chi connectivity index (χ4n) is 3.62. The van der Waals surface area contributed by atoms with Gasteiger partial charge in [0.15, 0.2) is 0 Å². The molecule has 2 atom stereocenters. The summed E-state index contributed by atoms with van der Waals surface area (Å²) in [5.74, 6) is 13.0. The zero-order valence-electron chi connectivity index (χ0n) is 85.1. The van der Waals surface area contributed by atoms with E-state index in [9.17, 15) is 37.7 Å². The number of halogens is 3. The first kappa shape index (κ1) is 167. The molecular formula is C98H215F3N2O8S10. The maximum Gasteiger partial charge on any atom is 0.308 e. The largest absolute Gasteiger partial charge is 0.466 e. The molecule has 10 nitrogen and oxygen atoms in total. The molecule has 1 rings (SSSR count). The summed E-state index contributed by atoms with van der Waals surface area (Å²) in [6, 6.07) is 10.5. The van der Waals surface area contributed by atoms with Gasteiger partial charge in [-0.15, -0.1) is 18.3 Å². The van der Waals surface area contributed by atoms with E-state index in [0.717, 1.165) is 77.1 Å². The normalized spacial score (nSPS) is 10.5. The minimum Gasteiger partial charge on any atom is -0.466 e. The molecule has 0 spiro atoms. The van der Waals surface area contributed by atoms with Gasteiger partial charge in [-0.3, -0.25) is 24.5 Å². The van der Waals surface area contributed by atoms with Gasteiger partial charge < -0.3 is 19.9 Å². The van der Waals surface area contributed by atoms with Gasteiger partial charge in [0.1, 0.15) is 6.61 Å². The number of nitro groups is 1. The van der Waals surface area contributed by atoms with Gasteiger partial charge in [-0.1, -0.05) is 443 Å². The molecule has 0 amide bonds. The second-order valence-electron chi connectivity index (χ2n) is 34.1. The fraction of sp³-hybridized carbons (Fsp3) is 0.867. The number of benzene rings is 1. The van der Waals surface area contributed by atoms with E-state index in [1.165, 1.54) is 71.9 Å². The number of thioether (sulfide) groups is 2. The first-order valence-electron chi connectivity index (χ1n) is 43.3. The second kappa shape index (κ2) is 124. The summed E-state index contributed by atoms with van der Waals surface area (Å²) < 4.78 is 50.0. The van der Waals surface area contributed by atoms with Crippen molar-refractivity contribution in [2.24, 2.45) is 88.6 Å². The van der Waals surface area contributed by atoms with Crippen molar-refractivity contribution >= 4 is 128 Å². The lowest BCUT2D eigenvalue weighted by Crippen LogP contribution is -2.17. The van der Waals surface area contributed by atoms with Crippen LogP contribution in [0.1, 0.15) is 367 Å². The van der Waals surface area contributed by atoms with E-state index in [4.69, 9.17) is 10.5 Å². The van der Waals surface area contributed by atoms with E-state index in [1.54, 1.807) is 54.5 Å². The third-order valence-corrected chi connectivity index (χ3v) is 26.9. The van der Waals surface area contributed by atoms with Crippen LogP contribution in [0.2, 0.25) is 0 Å². The predicted octanol–water partition coefficient (Wildman–Crippen LogP) is 37.1. The summed E-state index contributed by atoms with van der Waals surface area (Å²) in [6.07, 6.45) is 8.72. The molecule has 0 aliphatic rings. The zero-order chi connectivity index (χ0) is 96.2. The molecule has 0 heterocycles. The highest BCUT2D eigenvalue weighted by molar-refractivity contribution is 8.77. The number of nitrogens with zero attached hydrogens (tertiary/aromatic N) is 1. The van der Waals surface area contributed by atoms with E-state index in [-0.39, 0.29) is 76.2 Å². The molecule has 0 aliphatic carbocycles. The van der Waals surface area contributed by atoms with Gasteiger partial charge in [0.05, 0.1) is 37.1 Å². The average Bonchev–Trinajstić information content (AvgIpc) is 0.953. The predicted molar refractivity (Wildman–Crippen MR) is 583 cm³/mol. The highest BCUT2D eigenvalue weighted by atomic mass is 33.1. The Labute approximate surface area is 800 Å². The van der Waals surface area contributed by atoms with Crippen LogP contribution in [0.5, 0.6) is 0 Å². The Hall–Kier alpha value is -0.240. The Kier molecular flexibility index (Phi) is 171. The zero-order valence-corrected chi connectivity index (χ0v) is 93.3. The number of carbonyl (C=O) groups is 3. The van der Waals surface area contributed by atoms with Gasteiger partial charge in [0, 0.05) is 79.3 Å². The first-order valence-corrected chi connectivity index (χ1v) is 55.2. The van der Waals surface area contributed by atoms with Gasteiger partial charge >= 0.3 is 17.9 Å². The Balaban J connectivity index is -0.0000000541. The van der Waals surface area contributed by atoms with Gasteiger partial charge in [0.2, 0.25) is 12.0 Å². The molecule has 1 aromatic carbocycles. The minimum atomic E-state index is -2.50. The number of allylic oxidation sites excluding steroid dienone is 1. The van der Waals surface area contributed by atoms with Crippen molar-refractivity contribution in [3.05, 3.63) is 65.8 Å². The first-order chi connectivity index (χ1) is 53.4. The number of nitrogens with two attached hydrogens (primary N) is 1. The Bertz CT molecular complexity index is 2040. The van der Waals surface area contributed by atoms with Gasteiger partial charge in [0.25, 0.3) is 0 Å². The van der Waals surface area contributed by atoms with Crippen LogP contribution < -0.4 is 5.73 Å². The van der Waals surface area contributed by atoms with Gasteiger partial charge in [-0.2, -0.15) is 11.8 Å². The van der Waals surface area contributed by atoms with Crippen molar-refractivity contribution in [2.75, 3.05) is 66.3 Å². The molecule has 0 fully saturated rings. The highest BCUT2D eigenvalue weighted by Gasteiger charge is 2.25. The molecule has 0 radical (unpaired) electrons. The van der Waals surface area contributed by atoms with Crippen LogP contribution in [0.3, 0.4) is 0 Å². The van der Waals surface area contributed by atoms with Gasteiger partial charge in [-0.25, -0.2) is 13.2 Å². The number of carbonyl (C=O) groups excluding carboxylic acids is 3. The van der Waals surface area contributed by atoms with Crippen LogP contribution in [0.4, 0.5) is 13.2 Å². The van der Waals surface area contributed by atoms with Crippen molar-refractivity contribution in [1.82, 2.24) is 0 Å². The number of ether oxygens (including phenoxy) is 3. The van der Waals surface area contributed by atoms with Crippen molar-refractivity contribution in [2.45, 2.75) is 412 Å². The summed E-state index contributed by atoms with van der Waals surface area (Å²) in [6.45, 7) is 102. The standard InChI is InChI=1S/C10H14S.C8H18S2.C7H12O2.C7H16S2.C7H16S.2C6H12O2.C6H14S2.C6H12.C5H10F2.C5H11F.C5H12S2.2C5H12.C3H7NO2.C3H9N.4CH4/c1-9(2)8-11-10-6-4-3-5-7-10;1-7(2)6-9-10-8(3,4)5;1-4-5-9-7(8)6(2)3;1-6(2)5-8-9-7(3)4;1-5-8-7(4)6(2)3;2*1-4-8-6(7)5(2)3;1-4-7-8-5-6(2)3;1-4-5-6(2)3;1-4(2)5(3,6)7;1-4(2)5(3)6;1-5(2)4-7-6-3;2*1-4-5(2)3;1-3(2)4(5)6;1-3(2)4;;;;/h3-7,9H,8H2,1-2H3;7H,6H2,1-5H3;4,6H,1,5H2,2-3H3;6-7H,5H2,1-4H3;6-7H,5H2,1-4H3;2*5H,4H2,1-3H3;6H,4-5H2,1-3H3;4,6H,1,5H2,2-3H3;4H,1-3H3;4-5H,1-3H3;5H,4H2,1-3H3;2*5H,4H2,1-3H3;3H,1-2H3;3H,4H2,1-2H3;4*1H4. The summed E-state index contributed by atoms with van der Waals surface area (Å²) in [7, 11) is 15.6. The molecule has 0 bridgehead atoms. The molecular weight excluding hydrogens is 1710 g/mol. The Morgan fingerprint density at radius 3 is 0.959 bits per heavy atom. The Morgan fingerprint density at radius 1 is 0.479 bits per heavy atom. The van der Waals surface area contributed by atoms with Crippen molar-refractivity contribution in [3.63, 3.8) is 0 Å². The molecule has 0 aliphatic heterocycles. The van der Waals surface area contributed by atoms with Crippen LogP contribution in [-0.2, 0) is 28.6 Å². The average molecular weight is 1930 g/mol. The van der Waals surface area contributed by atoms with Crippen LogP contribution in [-0.4, -0.2) is 129 Å². The van der Waals surface area contributed by atoms with Crippen LogP contribution in [0, 0.1) is 93.0 Å². The van der Waals surface area contributed by atoms with E-state index in [2.05, 4.69) is 253 Å². The van der Waals surface area contributed by atoms with E-state index in [1.807, 2.05) is 171 Å². The smallest absolute Gasteiger partial charge is 0.308 e. The number of hydrogen-bond acceptors (Lipinski definition) is 19. The number of hydrogen-bond donors (Lipinski definition) is 1. The summed E-state index contributed by atoms with van der Waals surface area (Å²) in [5.41, 5.74) is 5.11. The molecule has 23 heteroatoms. The third-order valence-electron chi connectivity index (χ3n) is 12.1. The monoisotopic (exact) mass is 1930 g/mol. The summed E-state index contributed by atoms with van der Waals surface area (Å²) in [4.78, 5) is 42.2. The Morgan fingerprint density at radius 2 is 0.785 bits per heavy atom. The van der Waals surface area contributed by atoms with E-state index >= 15 is 0 Å². The maximum atomic E-state index is 11.8. The minimum absolute atomic E-state index is 0. The van der Waals surface area contributed by atoms with Crippen molar-refractivity contribution < 1.29 is 46.7 Å². The van der Waals surface area contributed by atoms with Crippen molar-refractivity contribution in [1.29, 1.82) is 0 Å². The molecule has 2 unspecified atom stereocenters. The molecule has 2 N–H and O–H groups in total. The number of alkyl halides is 3. The summed E-state index contributed by atoms with van der Waals surface area (Å²) >= 11 is 3.97. The second-order valence-corrected chi connectivity index (χ2v) is 48.4. The topological polar surface area (TPSA) is 148 Å². The lowest BCUT2D eigenvalue weighted by Gasteiger charge is -2.16. The molecule has 121 heavy (non-hydrogen) atoms. The van der Waals surface area contributed by atoms with Crippen LogP contribution in [0.25, 0.3) is 0 Å². The molecule has 746 valence electrons. The lowest BCUT2D eigenvalue weighted by molar-refractivity contribution is -0.513. The fourth-order valence-corrected chi connectivity index (χ4v) is 14.4. The molecule has 0 saturated heterocycles. The maximum absolute atomic E-state index is 11.8. The molecule has 0 aromatic heterocycles. The van der Waals surface area contributed by atoms with E-state index < -0.39 is 24.1 Å². The number of rotatable bonds is 34. The van der Waals surface area contributed by atoms with Crippen LogP contribution >= 0.6 is 110 Å². The molecule has 1 aromatic rings. The number of esters is 3. The lowest BCUT2D eigenvalue weighted by atomic mass is 10.1.